The monoisotopic (exact) mass is 329 g/mol. The van der Waals surface area contributed by atoms with Crippen molar-refractivity contribution in [3.05, 3.63) is 0 Å². The van der Waals surface area contributed by atoms with Crippen LogP contribution in [0.25, 0.3) is 0 Å². The highest BCUT2D eigenvalue weighted by atomic mass is 16.5. The minimum atomic E-state index is -0.709. The lowest BCUT2D eigenvalue weighted by atomic mass is 9.82. The first-order valence-electron chi connectivity index (χ1n) is 7.91. The third kappa shape index (κ3) is 6.56. The van der Waals surface area contributed by atoms with Crippen molar-refractivity contribution in [3.8, 4) is 0 Å². The molecule has 4 N–H and O–H groups in total. The molecule has 0 aliphatic carbocycles. The summed E-state index contributed by atoms with van der Waals surface area (Å²) in [4.78, 5) is 36.4. The van der Waals surface area contributed by atoms with Crippen molar-refractivity contribution >= 4 is 17.7 Å². The fourth-order valence-electron chi connectivity index (χ4n) is 2.40. The van der Waals surface area contributed by atoms with Crippen LogP contribution in [0.3, 0.4) is 0 Å². The molecule has 7 nitrogen and oxygen atoms in total. The molecule has 23 heavy (non-hydrogen) atoms. The van der Waals surface area contributed by atoms with Gasteiger partial charge in [-0.05, 0) is 17.8 Å². The van der Waals surface area contributed by atoms with E-state index < -0.39 is 29.2 Å². The van der Waals surface area contributed by atoms with E-state index in [2.05, 4.69) is 10.6 Å². The lowest BCUT2D eigenvalue weighted by Crippen LogP contribution is -2.55. The third-order valence-electron chi connectivity index (χ3n) is 3.85. The van der Waals surface area contributed by atoms with Crippen LogP contribution in [0.1, 0.15) is 48.0 Å². The van der Waals surface area contributed by atoms with Gasteiger partial charge in [-0.25, -0.2) is 5.48 Å². The number of carbonyl (C=O) groups excluding carboxylic acids is 3. The summed E-state index contributed by atoms with van der Waals surface area (Å²) in [5, 5.41) is 14.1. The molecule has 0 radical (unpaired) electrons. The number of likely N-dealkylation sites (N-methyl/N-ethyl adjacent to an activating group) is 1. The molecule has 0 aromatic carbocycles. The Bertz CT molecular complexity index is 430. The van der Waals surface area contributed by atoms with Gasteiger partial charge < -0.3 is 10.6 Å². The molecule has 0 rings (SSSR count). The Morgan fingerprint density at radius 2 is 1.52 bits per heavy atom. The van der Waals surface area contributed by atoms with E-state index in [4.69, 9.17) is 5.21 Å². The van der Waals surface area contributed by atoms with Crippen LogP contribution in [0.2, 0.25) is 0 Å². The highest BCUT2D eigenvalue weighted by molar-refractivity contribution is 5.91. The second-order valence-electron chi connectivity index (χ2n) is 7.42. The van der Waals surface area contributed by atoms with Crippen molar-refractivity contribution in [2.24, 2.45) is 23.2 Å². The molecule has 3 atom stereocenters. The molecule has 7 heteroatoms. The van der Waals surface area contributed by atoms with Gasteiger partial charge >= 0.3 is 0 Å². The third-order valence-corrected chi connectivity index (χ3v) is 3.85. The van der Waals surface area contributed by atoms with Crippen molar-refractivity contribution < 1.29 is 19.6 Å². The lowest BCUT2D eigenvalue weighted by Gasteiger charge is -2.32. The van der Waals surface area contributed by atoms with E-state index in [9.17, 15) is 14.4 Å². The smallest absolute Gasteiger partial charge is 0.246 e. The Morgan fingerprint density at radius 1 is 1.00 bits per heavy atom. The molecule has 0 fully saturated rings. The normalized spacial score (nSPS) is 15.5. The fraction of sp³-hybridized carbons (Fsp3) is 0.812. The molecule has 0 heterocycles. The van der Waals surface area contributed by atoms with Crippen LogP contribution in [-0.4, -0.2) is 36.0 Å². The average Bonchev–Trinajstić information content (AvgIpc) is 2.46. The van der Waals surface area contributed by atoms with Crippen LogP contribution in [0, 0.1) is 23.2 Å². The van der Waals surface area contributed by atoms with Crippen molar-refractivity contribution in [1.29, 1.82) is 0 Å². The second kappa shape index (κ2) is 8.86. The quantitative estimate of drug-likeness (QED) is 0.414. The number of amides is 3. The summed E-state index contributed by atoms with van der Waals surface area (Å²) in [7, 11) is 1.51. The van der Waals surface area contributed by atoms with Crippen LogP contribution < -0.4 is 16.1 Å². The number of nitrogens with one attached hydrogen (secondary N) is 3. The Balaban J connectivity index is 5.35. The first kappa shape index (κ1) is 21.4. The SMILES string of the molecule is CNC(=O)[C@@H](NC(=O)C(CC(C)C)[C@@H](C)C(=O)NO)C(C)(C)C. The van der Waals surface area contributed by atoms with E-state index >= 15 is 0 Å². The first-order chi connectivity index (χ1) is 10.4. The van der Waals surface area contributed by atoms with E-state index in [1.54, 1.807) is 12.4 Å². The summed E-state index contributed by atoms with van der Waals surface area (Å²) in [6.45, 7) is 11.1. The zero-order chi connectivity index (χ0) is 18.4. The fourth-order valence-corrected chi connectivity index (χ4v) is 2.40. The molecule has 3 amide bonds. The molecular formula is C16H31N3O4. The zero-order valence-corrected chi connectivity index (χ0v) is 15.2. The van der Waals surface area contributed by atoms with Gasteiger partial charge in [-0.3, -0.25) is 19.6 Å². The van der Waals surface area contributed by atoms with Gasteiger partial charge in [-0.15, -0.1) is 0 Å². The largest absolute Gasteiger partial charge is 0.357 e. The van der Waals surface area contributed by atoms with Gasteiger partial charge in [0.25, 0.3) is 0 Å². The van der Waals surface area contributed by atoms with Gasteiger partial charge in [0.05, 0.1) is 0 Å². The van der Waals surface area contributed by atoms with Crippen molar-refractivity contribution in [3.63, 3.8) is 0 Å². The van der Waals surface area contributed by atoms with Crippen LogP contribution >= 0.6 is 0 Å². The van der Waals surface area contributed by atoms with E-state index in [0.717, 1.165) is 0 Å². The molecule has 0 bridgehead atoms. The molecule has 0 aromatic heterocycles. The maximum absolute atomic E-state index is 12.7. The molecule has 0 aliphatic heterocycles. The summed E-state index contributed by atoms with van der Waals surface area (Å²) < 4.78 is 0. The molecule has 0 saturated carbocycles. The average molecular weight is 329 g/mol. The highest BCUT2D eigenvalue weighted by Crippen LogP contribution is 2.24. The van der Waals surface area contributed by atoms with Crippen LogP contribution in [0.15, 0.2) is 0 Å². The predicted octanol–water partition coefficient (Wildman–Crippen LogP) is 1.07. The maximum atomic E-state index is 12.7. The van der Waals surface area contributed by atoms with Crippen molar-refractivity contribution in [2.75, 3.05) is 7.05 Å². The number of rotatable bonds is 7. The molecule has 134 valence electrons. The Kier molecular flexibility index (Phi) is 8.23. The molecule has 0 aromatic rings. The molecule has 0 aliphatic rings. The van der Waals surface area contributed by atoms with Gasteiger partial charge in [0, 0.05) is 18.9 Å². The molecule has 0 saturated heterocycles. The number of hydrogen-bond donors (Lipinski definition) is 4. The topological polar surface area (TPSA) is 108 Å². The van der Waals surface area contributed by atoms with E-state index in [1.165, 1.54) is 7.05 Å². The van der Waals surface area contributed by atoms with Gasteiger partial charge in [-0.2, -0.15) is 0 Å². The Morgan fingerprint density at radius 3 is 1.87 bits per heavy atom. The minimum absolute atomic E-state index is 0.188. The molecular weight excluding hydrogens is 298 g/mol. The minimum Gasteiger partial charge on any atom is -0.357 e. The maximum Gasteiger partial charge on any atom is 0.246 e. The van der Waals surface area contributed by atoms with Gasteiger partial charge in [-0.1, -0.05) is 41.5 Å². The molecule has 1 unspecified atom stereocenters. The van der Waals surface area contributed by atoms with E-state index in [-0.39, 0.29) is 17.7 Å². The highest BCUT2D eigenvalue weighted by Gasteiger charge is 2.37. The van der Waals surface area contributed by atoms with Crippen molar-refractivity contribution in [2.45, 2.75) is 54.0 Å². The van der Waals surface area contributed by atoms with E-state index in [0.29, 0.717) is 6.42 Å². The predicted molar refractivity (Wildman–Crippen MR) is 87.5 cm³/mol. The molecule has 0 spiro atoms. The number of hydrogen-bond acceptors (Lipinski definition) is 4. The van der Waals surface area contributed by atoms with Gasteiger partial charge in [0.2, 0.25) is 17.7 Å². The summed E-state index contributed by atoms with van der Waals surface area (Å²) >= 11 is 0. The Labute approximate surface area is 138 Å². The van der Waals surface area contributed by atoms with Crippen LogP contribution in [-0.2, 0) is 14.4 Å². The van der Waals surface area contributed by atoms with Gasteiger partial charge in [0.1, 0.15) is 6.04 Å². The number of hydroxylamine groups is 1. The summed E-state index contributed by atoms with van der Waals surface area (Å²) in [6, 6.07) is -0.709. The lowest BCUT2D eigenvalue weighted by molar-refractivity contribution is -0.141. The summed E-state index contributed by atoms with van der Waals surface area (Å²) in [6.07, 6.45) is 0.477. The van der Waals surface area contributed by atoms with Crippen LogP contribution in [0.4, 0.5) is 0 Å². The number of carbonyl (C=O) groups is 3. The van der Waals surface area contributed by atoms with E-state index in [1.807, 2.05) is 34.6 Å². The Hall–Kier alpha value is -1.63. The van der Waals surface area contributed by atoms with Crippen molar-refractivity contribution in [1.82, 2.24) is 16.1 Å². The van der Waals surface area contributed by atoms with Gasteiger partial charge in [0.15, 0.2) is 0 Å². The second-order valence-corrected chi connectivity index (χ2v) is 7.42. The van der Waals surface area contributed by atoms with Crippen LogP contribution in [0.5, 0.6) is 0 Å². The standard InChI is InChI=1S/C16H31N3O4/c1-9(2)8-11(10(3)13(20)19-23)14(21)18-12(15(22)17-7)16(4,5)6/h9-12,23H,8H2,1-7H3,(H,17,22)(H,18,21)(H,19,20)/t10-,11?,12-/m1/s1. The first-order valence-corrected chi connectivity index (χ1v) is 7.91. The summed E-state index contributed by atoms with van der Waals surface area (Å²) in [5.41, 5.74) is 1.12. The summed E-state index contributed by atoms with van der Waals surface area (Å²) in [5.74, 6) is -2.40. The zero-order valence-electron chi connectivity index (χ0n) is 15.2.